The number of fused-ring (bicyclic) bond motifs is 1. The summed E-state index contributed by atoms with van der Waals surface area (Å²) >= 11 is 12.2. The van der Waals surface area contributed by atoms with Gasteiger partial charge in [0.1, 0.15) is 5.82 Å². The Morgan fingerprint density at radius 2 is 1.81 bits per heavy atom. The third kappa shape index (κ3) is 4.10. The molecule has 0 aliphatic heterocycles. The molecule has 0 fully saturated rings. The minimum Gasteiger partial charge on any atom is -0.350 e. The molecule has 0 aliphatic rings. The van der Waals surface area contributed by atoms with E-state index in [0.717, 1.165) is 22.2 Å². The quantitative estimate of drug-likeness (QED) is 0.454. The highest BCUT2D eigenvalue weighted by molar-refractivity contribution is 6.31. The number of hydrogen-bond donors (Lipinski definition) is 2. The van der Waals surface area contributed by atoms with Crippen LogP contribution in [0.2, 0.25) is 10.0 Å². The molecule has 0 saturated carbocycles. The lowest BCUT2D eigenvalue weighted by Crippen LogP contribution is -2.04. The zero-order chi connectivity index (χ0) is 18.6. The Bertz CT molecular complexity index is 1100. The van der Waals surface area contributed by atoms with E-state index in [0.29, 0.717) is 28.4 Å². The fraction of sp³-hybridized carbons (Fsp3) is 0.0500. The summed E-state index contributed by atoms with van der Waals surface area (Å²) in [5.74, 6) is 1.20. The monoisotopic (exact) mass is 395 g/mol. The van der Waals surface area contributed by atoms with Crippen LogP contribution in [-0.2, 0) is 6.54 Å². The second-order valence-corrected chi connectivity index (χ2v) is 6.71. The van der Waals surface area contributed by atoms with E-state index in [1.165, 1.54) is 0 Å². The van der Waals surface area contributed by atoms with E-state index in [2.05, 4.69) is 25.6 Å². The standard InChI is InChI=1S/C20H15Cl2N5/c21-14-5-3-6-15(10-14)26-19-16-12-25-20(27-18(16)8-9-23-19)24-11-13-4-1-2-7-17(13)22/h1-10,12H,11H2,(H,23,26)(H,24,25,27). The molecule has 2 aromatic carbocycles. The third-order valence-corrected chi connectivity index (χ3v) is 4.60. The first-order valence-corrected chi connectivity index (χ1v) is 9.06. The Morgan fingerprint density at radius 1 is 0.926 bits per heavy atom. The highest BCUT2D eigenvalue weighted by atomic mass is 35.5. The molecular formula is C20H15Cl2N5. The average Bonchev–Trinajstić information content (AvgIpc) is 2.67. The molecule has 7 heteroatoms. The first-order valence-electron chi connectivity index (χ1n) is 8.31. The van der Waals surface area contributed by atoms with Gasteiger partial charge in [0.15, 0.2) is 0 Å². The van der Waals surface area contributed by atoms with Crippen molar-refractivity contribution in [2.75, 3.05) is 10.6 Å². The summed E-state index contributed by atoms with van der Waals surface area (Å²) < 4.78 is 0. The van der Waals surface area contributed by atoms with Gasteiger partial charge in [-0.2, -0.15) is 0 Å². The van der Waals surface area contributed by atoms with Crippen LogP contribution in [0.1, 0.15) is 5.56 Å². The van der Waals surface area contributed by atoms with E-state index < -0.39 is 0 Å². The van der Waals surface area contributed by atoms with Crippen molar-refractivity contribution in [2.45, 2.75) is 6.54 Å². The number of aromatic nitrogens is 3. The molecule has 0 aliphatic carbocycles. The molecule has 4 aromatic rings. The zero-order valence-electron chi connectivity index (χ0n) is 14.2. The van der Waals surface area contributed by atoms with Crippen molar-refractivity contribution in [3.63, 3.8) is 0 Å². The summed E-state index contributed by atoms with van der Waals surface area (Å²) in [7, 11) is 0. The minimum absolute atomic E-state index is 0.530. The second kappa shape index (κ2) is 7.78. The van der Waals surface area contributed by atoms with Gasteiger partial charge in [0.05, 0.1) is 10.9 Å². The van der Waals surface area contributed by atoms with Crippen LogP contribution in [0.3, 0.4) is 0 Å². The van der Waals surface area contributed by atoms with Gasteiger partial charge in [0.25, 0.3) is 0 Å². The number of halogens is 2. The topological polar surface area (TPSA) is 62.7 Å². The normalized spacial score (nSPS) is 10.7. The average molecular weight is 396 g/mol. The maximum absolute atomic E-state index is 6.19. The number of anilines is 3. The number of rotatable bonds is 5. The largest absolute Gasteiger partial charge is 0.350 e. The highest BCUT2D eigenvalue weighted by Gasteiger charge is 2.07. The first kappa shape index (κ1) is 17.5. The number of pyridine rings is 1. The summed E-state index contributed by atoms with van der Waals surface area (Å²) in [5, 5.41) is 8.65. The Morgan fingerprint density at radius 3 is 2.67 bits per heavy atom. The van der Waals surface area contributed by atoms with Crippen LogP contribution in [0, 0.1) is 0 Å². The van der Waals surface area contributed by atoms with E-state index in [4.69, 9.17) is 23.2 Å². The molecule has 27 heavy (non-hydrogen) atoms. The molecule has 2 heterocycles. The molecule has 134 valence electrons. The van der Waals surface area contributed by atoms with Crippen LogP contribution < -0.4 is 10.6 Å². The molecule has 2 aromatic heterocycles. The Labute approximate surface area is 166 Å². The maximum Gasteiger partial charge on any atom is 0.223 e. The van der Waals surface area contributed by atoms with Gasteiger partial charge in [0, 0.05) is 34.7 Å². The molecular weight excluding hydrogens is 381 g/mol. The van der Waals surface area contributed by atoms with Crippen molar-refractivity contribution >= 4 is 51.6 Å². The molecule has 0 amide bonds. The molecule has 5 nitrogen and oxygen atoms in total. The van der Waals surface area contributed by atoms with Gasteiger partial charge >= 0.3 is 0 Å². The van der Waals surface area contributed by atoms with E-state index >= 15 is 0 Å². The third-order valence-electron chi connectivity index (χ3n) is 3.99. The SMILES string of the molecule is Clc1cccc(Nc2nccc3nc(NCc4ccccc4Cl)ncc23)c1. The van der Waals surface area contributed by atoms with Crippen LogP contribution in [0.25, 0.3) is 10.9 Å². The van der Waals surface area contributed by atoms with Gasteiger partial charge in [-0.05, 0) is 35.9 Å². The predicted molar refractivity (Wildman–Crippen MR) is 111 cm³/mol. The van der Waals surface area contributed by atoms with Gasteiger partial charge in [0.2, 0.25) is 5.95 Å². The number of hydrogen-bond acceptors (Lipinski definition) is 5. The van der Waals surface area contributed by atoms with Crippen LogP contribution >= 0.6 is 23.2 Å². The summed E-state index contributed by atoms with van der Waals surface area (Å²) in [4.78, 5) is 13.4. The summed E-state index contributed by atoms with van der Waals surface area (Å²) in [6.07, 6.45) is 3.46. The van der Waals surface area contributed by atoms with Crippen molar-refractivity contribution in [1.82, 2.24) is 15.0 Å². The Balaban J connectivity index is 1.57. The van der Waals surface area contributed by atoms with Gasteiger partial charge in [-0.25, -0.2) is 15.0 Å². The van der Waals surface area contributed by atoms with Gasteiger partial charge in [-0.1, -0.05) is 47.5 Å². The molecule has 0 bridgehead atoms. The first-order chi connectivity index (χ1) is 13.2. The fourth-order valence-corrected chi connectivity index (χ4v) is 3.05. The molecule has 2 N–H and O–H groups in total. The smallest absolute Gasteiger partial charge is 0.223 e. The van der Waals surface area contributed by atoms with Crippen LogP contribution in [0.15, 0.2) is 67.0 Å². The van der Waals surface area contributed by atoms with Crippen molar-refractivity contribution in [3.8, 4) is 0 Å². The molecule has 0 saturated heterocycles. The van der Waals surface area contributed by atoms with E-state index in [9.17, 15) is 0 Å². The highest BCUT2D eigenvalue weighted by Crippen LogP contribution is 2.25. The second-order valence-electron chi connectivity index (χ2n) is 5.87. The summed E-state index contributed by atoms with van der Waals surface area (Å²) in [5.41, 5.74) is 2.62. The van der Waals surface area contributed by atoms with Crippen LogP contribution in [0.5, 0.6) is 0 Å². The van der Waals surface area contributed by atoms with Crippen molar-refractivity contribution in [3.05, 3.63) is 82.6 Å². The van der Waals surface area contributed by atoms with Crippen molar-refractivity contribution < 1.29 is 0 Å². The van der Waals surface area contributed by atoms with Crippen LogP contribution in [-0.4, -0.2) is 15.0 Å². The zero-order valence-corrected chi connectivity index (χ0v) is 15.7. The Hall–Kier alpha value is -2.89. The van der Waals surface area contributed by atoms with E-state index in [1.807, 2.05) is 54.6 Å². The molecule has 0 radical (unpaired) electrons. The van der Waals surface area contributed by atoms with Gasteiger partial charge in [-0.3, -0.25) is 0 Å². The molecule has 4 rings (SSSR count). The Kier molecular flexibility index (Phi) is 5.05. The summed E-state index contributed by atoms with van der Waals surface area (Å²) in [6.45, 7) is 0.546. The predicted octanol–water partition coefficient (Wildman–Crippen LogP) is 5.69. The molecule has 0 spiro atoms. The lowest BCUT2D eigenvalue weighted by Gasteiger charge is -2.10. The number of benzene rings is 2. The molecule has 0 unspecified atom stereocenters. The lowest BCUT2D eigenvalue weighted by molar-refractivity contribution is 1.07. The van der Waals surface area contributed by atoms with Crippen LogP contribution in [0.4, 0.5) is 17.5 Å². The lowest BCUT2D eigenvalue weighted by atomic mass is 10.2. The van der Waals surface area contributed by atoms with Crippen molar-refractivity contribution in [1.29, 1.82) is 0 Å². The minimum atomic E-state index is 0.530. The van der Waals surface area contributed by atoms with Crippen molar-refractivity contribution in [2.24, 2.45) is 0 Å². The number of nitrogens with zero attached hydrogens (tertiary/aromatic N) is 3. The van der Waals surface area contributed by atoms with Gasteiger partial charge in [-0.15, -0.1) is 0 Å². The fourth-order valence-electron chi connectivity index (χ4n) is 2.66. The number of nitrogens with one attached hydrogen (secondary N) is 2. The van der Waals surface area contributed by atoms with Gasteiger partial charge < -0.3 is 10.6 Å². The summed E-state index contributed by atoms with van der Waals surface area (Å²) in [6, 6.07) is 17.0. The van der Waals surface area contributed by atoms with E-state index in [1.54, 1.807) is 12.4 Å². The van der Waals surface area contributed by atoms with E-state index in [-0.39, 0.29) is 0 Å². The molecule has 0 atom stereocenters. The maximum atomic E-state index is 6.19.